The Bertz CT molecular complexity index is 1150. The van der Waals surface area contributed by atoms with E-state index in [0.717, 1.165) is 5.56 Å². The molecule has 1 aliphatic heterocycles. The van der Waals surface area contributed by atoms with Crippen LogP contribution in [0.4, 0.5) is 0 Å². The van der Waals surface area contributed by atoms with Gasteiger partial charge in [-0.05, 0) is 36.2 Å². The summed E-state index contributed by atoms with van der Waals surface area (Å²) in [5.74, 6) is -0.143. The van der Waals surface area contributed by atoms with Crippen LogP contribution in [0.2, 0.25) is 0 Å². The molecule has 1 fully saturated rings. The fourth-order valence-electron chi connectivity index (χ4n) is 4.33. The zero-order valence-electron chi connectivity index (χ0n) is 21.7. The second-order valence-electron chi connectivity index (χ2n) is 9.01. The molecule has 0 amide bonds. The molecule has 202 valence electrons. The van der Waals surface area contributed by atoms with E-state index in [-0.39, 0.29) is 30.1 Å². The fraction of sp³-hybridized carbons (Fsp3) is 0.345. The summed E-state index contributed by atoms with van der Waals surface area (Å²) in [7, 11) is -4.34. The lowest BCUT2D eigenvalue weighted by Crippen LogP contribution is -2.56. The summed E-state index contributed by atoms with van der Waals surface area (Å²) < 4.78 is 49.8. The second kappa shape index (κ2) is 13.1. The molecule has 0 aliphatic carbocycles. The van der Waals surface area contributed by atoms with Crippen molar-refractivity contribution in [1.29, 1.82) is 0 Å². The van der Waals surface area contributed by atoms with Crippen molar-refractivity contribution >= 4 is 13.8 Å². The minimum absolute atomic E-state index is 0.155. The molecular formula is C29H33O8P. The SMILES string of the molecule is CC[C@H]1O[C@H](OP(=O)(Oc2ccccc2)Oc2ccccc2)[C@@H](OC(C)=O)[C@@H](OCc2ccccc2)[C@@H]1C. The summed E-state index contributed by atoms with van der Waals surface area (Å²) in [6.07, 6.45) is -2.61. The van der Waals surface area contributed by atoms with Crippen molar-refractivity contribution in [2.45, 2.75) is 58.4 Å². The summed E-state index contributed by atoms with van der Waals surface area (Å²) >= 11 is 0. The first-order valence-corrected chi connectivity index (χ1v) is 14.1. The Morgan fingerprint density at radius 3 is 1.87 bits per heavy atom. The van der Waals surface area contributed by atoms with Gasteiger partial charge in [0.15, 0.2) is 6.10 Å². The van der Waals surface area contributed by atoms with Gasteiger partial charge in [-0.25, -0.2) is 9.09 Å². The van der Waals surface area contributed by atoms with Crippen molar-refractivity contribution < 1.29 is 37.1 Å². The molecule has 0 aromatic heterocycles. The van der Waals surface area contributed by atoms with E-state index < -0.39 is 32.3 Å². The van der Waals surface area contributed by atoms with Crippen LogP contribution in [0, 0.1) is 5.92 Å². The van der Waals surface area contributed by atoms with Crippen LogP contribution in [0.15, 0.2) is 91.0 Å². The molecule has 3 aromatic rings. The molecule has 0 radical (unpaired) electrons. The van der Waals surface area contributed by atoms with Gasteiger partial charge in [0.05, 0.1) is 12.7 Å². The molecule has 0 spiro atoms. The van der Waals surface area contributed by atoms with Crippen LogP contribution in [0.5, 0.6) is 11.5 Å². The van der Waals surface area contributed by atoms with Gasteiger partial charge in [-0.1, -0.05) is 80.6 Å². The molecule has 4 rings (SSSR count). The number of phosphoric ester groups is 1. The van der Waals surface area contributed by atoms with Gasteiger partial charge in [-0.3, -0.25) is 4.79 Å². The first kappa shape index (κ1) is 27.9. The van der Waals surface area contributed by atoms with E-state index in [1.807, 2.05) is 44.2 Å². The minimum Gasteiger partial charge on any atom is -0.454 e. The number of ether oxygens (including phenoxy) is 3. The van der Waals surface area contributed by atoms with E-state index in [2.05, 4.69) is 0 Å². The van der Waals surface area contributed by atoms with Gasteiger partial charge in [-0.2, -0.15) is 0 Å². The summed E-state index contributed by atoms with van der Waals surface area (Å²) in [6.45, 7) is 5.52. The van der Waals surface area contributed by atoms with Gasteiger partial charge >= 0.3 is 13.8 Å². The molecule has 8 nitrogen and oxygen atoms in total. The van der Waals surface area contributed by atoms with Crippen molar-refractivity contribution in [2.24, 2.45) is 5.92 Å². The molecule has 9 heteroatoms. The van der Waals surface area contributed by atoms with Gasteiger partial charge in [0.1, 0.15) is 17.6 Å². The molecule has 1 saturated heterocycles. The van der Waals surface area contributed by atoms with Gasteiger partial charge < -0.3 is 23.3 Å². The molecule has 3 aromatic carbocycles. The molecule has 1 heterocycles. The Labute approximate surface area is 223 Å². The van der Waals surface area contributed by atoms with Crippen LogP contribution in [0.3, 0.4) is 0 Å². The van der Waals surface area contributed by atoms with E-state index in [1.165, 1.54) is 6.92 Å². The fourth-order valence-corrected chi connectivity index (χ4v) is 5.64. The lowest BCUT2D eigenvalue weighted by atomic mass is 9.89. The highest BCUT2D eigenvalue weighted by Gasteiger charge is 2.50. The zero-order valence-corrected chi connectivity index (χ0v) is 22.6. The van der Waals surface area contributed by atoms with E-state index in [9.17, 15) is 9.36 Å². The third kappa shape index (κ3) is 7.45. The standard InChI is InChI=1S/C29H33O8P/c1-4-26-21(2)27(32-20-23-14-8-5-9-15-23)28(33-22(3)30)29(34-26)37-38(31,35-24-16-10-6-11-17-24)36-25-18-12-7-13-19-25/h5-19,21,26-29H,4,20H2,1-3H3/t21-,26-,27+,28+,29-/m1/s1. The largest absolute Gasteiger partial charge is 0.590 e. The number of hydrogen-bond donors (Lipinski definition) is 0. The molecule has 5 atom stereocenters. The first-order valence-electron chi connectivity index (χ1n) is 12.6. The van der Waals surface area contributed by atoms with Crippen LogP contribution < -0.4 is 9.05 Å². The molecule has 1 aliphatic rings. The average molecular weight is 541 g/mol. The lowest BCUT2D eigenvalue weighted by molar-refractivity contribution is -0.275. The predicted molar refractivity (Wildman–Crippen MR) is 142 cm³/mol. The second-order valence-corrected chi connectivity index (χ2v) is 10.5. The van der Waals surface area contributed by atoms with Gasteiger partial charge in [0.25, 0.3) is 0 Å². The summed E-state index contributed by atoms with van der Waals surface area (Å²) in [4.78, 5) is 12.2. The van der Waals surface area contributed by atoms with Crippen molar-refractivity contribution in [3.8, 4) is 11.5 Å². The number of benzene rings is 3. The Balaban J connectivity index is 1.64. The predicted octanol–water partition coefficient (Wildman–Crippen LogP) is 6.56. The highest BCUT2D eigenvalue weighted by atomic mass is 31.2. The monoisotopic (exact) mass is 540 g/mol. The first-order chi connectivity index (χ1) is 18.4. The molecule has 0 bridgehead atoms. The maximum Gasteiger partial charge on any atom is 0.590 e. The van der Waals surface area contributed by atoms with Gasteiger partial charge in [0, 0.05) is 12.8 Å². The quantitative estimate of drug-likeness (QED) is 0.200. The molecule has 0 N–H and O–H groups in total. The molecule has 38 heavy (non-hydrogen) atoms. The van der Waals surface area contributed by atoms with Crippen LogP contribution in [0.1, 0.15) is 32.8 Å². The van der Waals surface area contributed by atoms with E-state index in [4.69, 9.17) is 27.8 Å². The van der Waals surface area contributed by atoms with E-state index in [1.54, 1.807) is 60.7 Å². The maximum atomic E-state index is 14.1. The van der Waals surface area contributed by atoms with Crippen LogP contribution in [0.25, 0.3) is 0 Å². The Morgan fingerprint density at radius 1 is 0.842 bits per heavy atom. The number of esters is 1. The van der Waals surface area contributed by atoms with Gasteiger partial charge in [-0.15, -0.1) is 0 Å². The Kier molecular flexibility index (Phi) is 9.58. The van der Waals surface area contributed by atoms with E-state index >= 15 is 0 Å². The number of phosphoric acid groups is 1. The summed E-state index contributed by atoms with van der Waals surface area (Å²) in [5, 5.41) is 0. The lowest BCUT2D eigenvalue weighted by Gasteiger charge is -2.44. The molecule has 0 saturated carbocycles. The number of hydrogen-bond acceptors (Lipinski definition) is 8. The third-order valence-electron chi connectivity index (χ3n) is 6.15. The smallest absolute Gasteiger partial charge is 0.454 e. The minimum atomic E-state index is -4.34. The average Bonchev–Trinajstić information content (AvgIpc) is 2.91. The van der Waals surface area contributed by atoms with Crippen molar-refractivity contribution in [1.82, 2.24) is 0 Å². The van der Waals surface area contributed by atoms with E-state index in [0.29, 0.717) is 6.42 Å². The number of carbonyl (C=O) groups excluding carboxylic acids is 1. The Hall–Kier alpha value is -3.16. The van der Waals surface area contributed by atoms with Crippen molar-refractivity contribution in [3.05, 3.63) is 96.6 Å². The number of carbonyl (C=O) groups is 1. The zero-order chi connectivity index (χ0) is 27.0. The summed E-state index contributed by atoms with van der Waals surface area (Å²) in [6, 6.07) is 26.8. The van der Waals surface area contributed by atoms with Gasteiger partial charge in [0.2, 0.25) is 6.29 Å². The topological polar surface area (TPSA) is 89.5 Å². The summed E-state index contributed by atoms with van der Waals surface area (Å²) in [5.41, 5.74) is 0.962. The van der Waals surface area contributed by atoms with Crippen LogP contribution in [-0.2, 0) is 34.7 Å². The van der Waals surface area contributed by atoms with Crippen molar-refractivity contribution in [3.63, 3.8) is 0 Å². The molecule has 0 unspecified atom stereocenters. The highest BCUT2D eigenvalue weighted by Crippen LogP contribution is 2.52. The van der Waals surface area contributed by atoms with Crippen LogP contribution >= 0.6 is 7.82 Å². The molecular weight excluding hydrogens is 507 g/mol. The third-order valence-corrected chi connectivity index (χ3v) is 7.48. The number of para-hydroxylation sites is 2. The maximum absolute atomic E-state index is 14.1. The number of rotatable bonds is 11. The Morgan fingerprint density at radius 2 is 1.37 bits per heavy atom. The normalized spacial score (nSPS) is 23.4. The highest BCUT2D eigenvalue weighted by molar-refractivity contribution is 7.49. The van der Waals surface area contributed by atoms with Crippen LogP contribution in [-0.4, -0.2) is 30.6 Å². The van der Waals surface area contributed by atoms with Crippen molar-refractivity contribution in [2.75, 3.05) is 0 Å².